The Hall–Kier alpha value is -2.24. The number of hydrogen-bond donors (Lipinski definition) is 2. The highest BCUT2D eigenvalue weighted by Crippen LogP contribution is 2.53. The van der Waals surface area contributed by atoms with Gasteiger partial charge in [-0.2, -0.15) is 4.98 Å². The molecule has 2 aliphatic rings. The number of nitrogens with zero attached hydrogens (tertiary/aromatic N) is 3. The van der Waals surface area contributed by atoms with Crippen LogP contribution in [0.2, 0.25) is 0 Å². The highest BCUT2D eigenvalue weighted by atomic mass is 32.1. The minimum absolute atomic E-state index is 0.0149. The van der Waals surface area contributed by atoms with Gasteiger partial charge in [-0.1, -0.05) is 11.3 Å². The predicted molar refractivity (Wildman–Crippen MR) is 86.1 cm³/mol. The van der Waals surface area contributed by atoms with Gasteiger partial charge < -0.3 is 25.1 Å². The lowest BCUT2D eigenvalue weighted by Gasteiger charge is -2.19. The van der Waals surface area contributed by atoms with Crippen molar-refractivity contribution < 1.29 is 24.1 Å². The quantitative estimate of drug-likeness (QED) is 0.737. The fourth-order valence-corrected chi connectivity index (χ4v) is 3.91. The second kappa shape index (κ2) is 5.64. The first-order chi connectivity index (χ1) is 11.9. The fourth-order valence-electron chi connectivity index (χ4n) is 3.09. The number of anilines is 1. The summed E-state index contributed by atoms with van der Waals surface area (Å²) in [7, 11) is 0. The van der Waals surface area contributed by atoms with E-state index >= 15 is 0 Å². The second-order valence-corrected chi connectivity index (χ2v) is 6.98. The zero-order chi connectivity index (χ0) is 17.8. The topological polar surface area (TPSA) is 139 Å². The number of hydrogen-bond acceptors (Lipinski definition) is 10. The van der Waals surface area contributed by atoms with Crippen LogP contribution in [0.5, 0.6) is 0 Å². The molecule has 134 valence electrons. The summed E-state index contributed by atoms with van der Waals surface area (Å²) in [5.41, 5.74) is 5.12. The third kappa shape index (κ3) is 2.64. The first-order valence-electron chi connectivity index (χ1n) is 7.76. The van der Waals surface area contributed by atoms with E-state index in [-0.39, 0.29) is 23.8 Å². The maximum absolute atomic E-state index is 12.5. The van der Waals surface area contributed by atoms with Crippen LogP contribution >= 0.6 is 11.3 Å². The molecule has 1 spiro atoms. The van der Waals surface area contributed by atoms with Crippen LogP contribution < -0.4 is 10.6 Å². The molecule has 2 aromatic heterocycles. The molecular formula is C14H16N4O6S. The van der Waals surface area contributed by atoms with Gasteiger partial charge in [-0.15, -0.1) is 0 Å². The highest BCUT2D eigenvalue weighted by molar-refractivity contribution is 7.16. The molecule has 1 saturated heterocycles. The molecule has 25 heavy (non-hydrogen) atoms. The van der Waals surface area contributed by atoms with Crippen LogP contribution in [0.15, 0.2) is 11.0 Å². The lowest BCUT2D eigenvalue weighted by atomic mass is 10.1. The molecule has 10 nitrogen and oxygen atoms in total. The van der Waals surface area contributed by atoms with Gasteiger partial charge in [-0.25, -0.2) is 9.78 Å². The molecule has 1 saturated carbocycles. The molecule has 3 N–H and O–H groups in total. The first-order valence-corrected chi connectivity index (χ1v) is 8.58. The smallest absolute Gasteiger partial charge is 0.435 e. The van der Waals surface area contributed by atoms with Gasteiger partial charge in [-0.3, -0.25) is 9.36 Å². The van der Waals surface area contributed by atoms with Gasteiger partial charge in [0.25, 0.3) is 0 Å². The van der Waals surface area contributed by atoms with Crippen LogP contribution in [-0.4, -0.2) is 50.2 Å². The molecule has 0 amide bonds. The number of rotatable bonds is 3. The Kier molecular flexibility index (Phi) is 3.67. The van der Waals surface area contributed by atoms with E-state index in [0.29, 0.717) is 16.8 Å². The zero-order valence-corrected chi connectivity index (χ0v) is 14.1. The molecular weight excluding hydrogens is 352 g/mol. The van der Waals surface area contributed by atoms with Gasteiger partial charge in [0.15, 0.2) is 18.0 Å². The summed E-state index contributed by atoms with van der Waals surface area (Å²) in [6, 6.07) is 0. The van der Waals surface area contributed by atoms with E-state index in [9.17, 15) is 14.7 Å². The normalized spacial score (nSPS) is 30.7. The number of aromatic nitrogens is 3. The lowest BCUT2D eigenvalue weighted by Crippen LogP contribution is -2.30. The number of thiazole rings is 1. The number of carbonyl (C=O) groups excluding carboxylic acids is 1. The molecule has 0 aromatic carbocycles. The molecule has 2 aromatic rings. The number of nitrogens with two attached hydrogens (primary N) is 1. The van der Waals surface area contributed by atoms with Gasteiger partial charge in [0.05, 0.1) is 23.6 Å². The summed E-state index contributed by atoms with van der Waals surface area (Å²) in [4.78, 5) is 31.8. The molecule has 3 heterocycles. The number of nitrogen functional groups attached to an aromatic ring is 1. The van der Waals surface area contributed by atoms with Crippen molar-refractivity contribution in [3.8, 4) is 0 Å². The molecule has 2 unspecified atom stereocenters. The maximum Gasteiger partial charge on any atom is 0.508 e. The molecule has 4 atom stereocenters. The summed E-state index contributed by atoms with van der Waals surface area (Å²) >= 11 is 0.939. The molecule has 11 heteroatoms. The summed E-state index contributed by atoms with van der Waals surface area (Å²) < 4.78 is 17.9. The van der Waals surface area contributed by atoms with Crippen LogP contribution in [-0.2, 0) is 14.2 Å². The lowest BCUT2D eigenvalue weighted by molar-refractivity contribution is -0.0697. The van der Waals surface area contributed by atoms with Gasteiger partial charge in [0, 0.05) is 12.8 Å². The van der Waals surface area contributed by atoms with E-state index in [1.165, 1.54) is 10.8 Å². The predicted octanol–water partition coefficient (Wildman–Crippen LogP) is 0.399. The van der Waals surface area contributed by atoms with Crippen LogP contribution in [0.3, 0.4) is 0 Å². The fraction of sp³-hybridized carbons (Fsp3) is 0.571. The van der Waals surface area contributed by atoms with E-state index in [0.717, 1.165) is 11.3 Å². The minimum Gasteiger partial charge on any atom is -0.435 e. The number of aliphatic hydroxyl groups is 1. The molecule has 1 aliphatic heterocycles. The monoisotopic (exact) mass is 368 g/mol. The van der Waals surface area contributed by atoms with Crippen molar-refractivity contribution in [2.75, 3.05) is 12.3 Å². The molecule has 2 fully saturated rings. The maximum atomic E-state index is 12.5. The largest absolute Gasteiger partial charge is 0.508 e. The third-order valence-corrected chi connectivity index (χ3v) is 5.23. The van der Waals surface area contributed by atoms with Crippen molar-refractivity contribution in [1.29, 1.82) is 0 Å². The third-order valence-electron chi connectivity index (χ3n) is 4.35. The number of carbonyl (C=O) groups is 1. The van der Waals surface area contributed by atoms with Crippen LogP contribution in [0, 0.1) is 0 Å². The number of fused-ring (bicyclic) bond motifs is 1. The average Bonchev–Trinajstić information content (AvgIpc) is 2.87. The molecule has 1 aliphatic carbocycles. The van der Waals surface area contributed by atoms with E-state index < -0.39 is 30.2 Å². The molecule has 0 radical (unpaired) electrons. The van der Waals surface area contributed by atoms with Crippen molar-refractivity contribution in [1.82, 2.24) is 14.5 Å². The minimum atomic E-state index is -0.919. The van der Waals surface area contributed by atoms with Gasteiger partial charge in [0.1, 0.15) is 5.60 Å². The zero-order valence-electron chi connectivity index (χ0n) is 13.2. The number of ether oxygens (including phenoxy) is 3. The van der Waals surface area contributed by atoms with Gasteiger partial charge >= 0.3 is 11.0 Å². The van der Waals surface area contributed by atoms with Crippen LogP contribution in [0.1, 0.15) is 26.0 Å². The summed E-state index contributed by atoms with van der Waals surface area (Å²) in [5, 5.41) is 9.89. The second-order valence-electron chi connectivity index (χ2n) is 5.99. The highest BCUT2D eigenvalue weighted by Gasteiger charge is 2.64. The van der Waals surface area contributed by atoms with Crippen molar-refractivity contribution >= 4 is 33.8 Å². The van der Waals surface area contributed by atoms with Gasteiger partial charge in [-0.05, 0) is 6.92 Å². The molecule has 0 bridgehead atoms. The van der Waals surface area contributed by atoms with Crippen molar-refractivity contribution in [3.63, 3.8) is 0 Å². The van der Waals surface area contributed by atoms with E-state index in [4.69, 9.17) is 19.9 Å². The van der Waals surface area contributed by atoms with Crippen molar-refractivity contribution in [2.45, 2.75) is 43.8 Å². The Morgan fingerprint density at radius 3 is 3.04 bits per heavy atom. The Morgan fingerprint density at radius 2 is 2.36 bits per heavy atom. The standard InChI is InChI=1S/C14H16N4O6S/c1-2-22-13(21)23-6-3-14(4-8(14)19)24-10(6)18-9-7(25-12(18)20)5-16-11(15)17-9/h5-6,8,10,19H,2-4H2,1H3,(H2,15,16,17)/t6-,8?,10-,14?/m1/s1. The Labute approximate surface area is 145 Å². The summed E-state index contributed by atoms with van der Waals surface area (Å²) in [5.74, 6) is 0.0149. The van der Waals surface area contributed by atoms with Crippen LogP contribution in [0.4, 0.5) is 10.7 Å². The Balaban J connectivity index is 1.74. The Morgan fingerprint density at radius 1 is 1.60 bits per heavy atom. The van der Waals surface area contributed by atoms with E-state index in [1.54, 1.807) is 6.92 Å². The summed E-state index contributed by atoms with van der Waals surface area (Å²) in [6.45, 7) is 1.82. The van der Waals surface area contributed by atoms with Crippen molar-refractivity contribution in [2.24, 2.45) is 0 Å². The SMILES string of the molecule is CCOC(=O)O[C@@H]1CC2(CC2O)O[C@H]1n1c(=O)sc2cnc(N)nc21. The first kappa shape index (κ1) is 16.2. The molecule has 4 rings (SSSR count). The van der Waals surface area contributed by atoms with E-state index in [2.05, 4.69) is 9.97 Å². The Bertz CT molecular complexity index is 897. The average molecular weight is 368 g/mol. The van der Waals surface area contributed by atoms with Crippen molar-refractivity contribution in [3.05, 3.63) is 15.9 Å². The van der Waals surface area contributed by atoms with Crippen LogP contribution in [0.25, 0.3) is 10.3 Å². The van der Waals surface area contributed by atoms with Gasteiger partial charge in [0.2, 0.25) is 5.95 Å². The summed E-state index contributed by atoms with van der Waals surface area (Å²) in [6.07, 6.45) is -1.08. The number of aliphatic hydroxyl groups excluding tert-OH is 1. The van der Waals surface area contributed by atoms with E-state index in [1.807, 2.05) is 0 Å².